The second-order valence-corrected chi connectivity index (χ2v) is 8.44. The van der Waals surface area contributed by atoms with Crippen LogP contribution in [0.4, 0.5) is 0 Å². The van der Waals surface area contributed by atoms with Gasteiger partial charge in [-0.05, 0) is 55.2 Å². The number of hydrogen-bond donors (Lipinski definition) is 1. The molecule has 20 heavy (non-hydrogen) atoms. The van der Waals surface area contributed by atoms with Crippen LogP contribution >= 0.6 is 23.2 Å². The number of benzene rings is 1. The Morgan fingerprint density at radius 1 is 1.20 bits per heavy atom. The Balaban J connectivity index is 1.71. The third-order valence-corrected chi connectivity index (χ3v) is 6.74. The van der Waals surface area contributed by atoms with Gasteiger partial charge in [-0.2, -0.15) is 0 Å². The van der Waals surface area contributed by atoms with Gasteiger partial charge < -0.3 is 0 Å². The van der Waals surface area contributed by atoms with Crippen LogP contribution in [-0.4, -0.2) is 15.0 Å². The minimum atomic E-state index is -3.58. The summed E-state index contributed by atoms with van der Waals surface area (Å²) >= 11 is 11.8. The highest BCUT2D eigenvalue weighted by Gasteiger charge is 2.39. The molecule has 0 aromatic heterocycles. The summed E-state index contributed by atoms with van der Waals surface area (Å²) < 4.78 is 27.3. The zero-order valence-electron chi connectivity index (χ0n) is 11.0. The minimum absolute atomic E-state index is 0.0647. The van der Waals surface area contributed by atoms with Crippen LogP contribution in [0.15, 0.2) is 23.1 Å². The van der Waals surface area contributed by atoms with Crippen molar-refractivity contribution in [3.8, 4) is 0 Å². The fourth-order valence-corrected chi connectivity index (χ4v) is 5.46. The number of fused-ring (bicyclic) bond motifs is 2. The Labute approximate surface area is 129 Å². The summed E-state index contributed by atoms with van der Waals surface area (Å²) in [6.07, 6.45) is 4.98. The highest BCUT2D eigenvalue weighted by atomic mass is 35.5. The second-order valence-electron chi connectivity index (χ2n) is 5.86. The lowest BCUT2D eigenvalue weighted by atomic mass is 9.89. The standard InChI is InChI=1S/C14H17Cl2NO2S/c15-12-3-4-13(16)14(7-12)20(18,19)17-8-11-6-9-1-2-10(11)5-9/h3-4,7,9-11,17H,1-2,5-6,8H2/t9-,10-,11-/m1/s1. The Morgan fingerprint density at radius 3 is 2.65 bits per heavy atom. The van der Waals surface area contributed by atoms with Crippen LogP contribution in [0.5, 0.6) is 0 Å². The number of halogens is 2. The SMILES string of the molecule is O=S(=O)(NC[C@H]1C[C@@H]2CC[C@@H]1C2)c1cc(Cl)ccc1Cl. The maximum atomic E-state index is 12.3. The molecule has 6 heteroatoms. The third-order valence-electron chi connectivity index (χ3n) is 4.60. The summed E-state index contributed by atoms with van der Waals surface area (Å²) in [5.41, 5.74) is 0. The zero-order valence-corrected chi connectivity index (χ0v) is 13.3. The Kier molecular flexibility index (Phi) is 4.01. The predicted molar refractivity (Wildman–Crippen MR) is 80.6 cm³/mol. The summed E-state index contributed by atoms with van der Waals surface area (Å²) in [6, 6.07) is 4.49. The number of nitrogens with one attached hydrogen (secondary N) is 1. The van der Waals surface area contributed by atoms with Gasteiger partial charge in [-0.15, -0.1) is 0 Å². The largest absolute Gasteiger partial charge is 0.242 e. The molecule has 2 aliphatic carbocycles. The first-order chi connectivity index (χ1) is 9.45. The predicted octanol–water partition coefficient (Wildman–Crippen LogP) is 3.71. The quantitative estimate of drug-likeness (QED) is 0.912. The zero-order chi connectivity index (χ0) is 14.3. The van der Waals surface area contributed by atoms with Gasteiger partial charge in [0.15, 0.2) is 0 Å². The molecule has 0 spiro atoms. The highest BCUT2D eigenvalue weighted by Crippen LogP contribution is 2.48. The fourth-order valence-electron chi connectivity index (χ4n) is 3.60. The normalized spacial score (nSPS) is 29.0. The van der Waals surface area contributed by atoms with Crippen LogP contribution in [-0.2, 0) is 10.0 Å². The van der Waals surface area contributed by atoms with Gasteiger partial charge in [0.2, 0.25) is 10.0 Å². The summed E-state index contributed by atoms with van der Waals surface area (Å²) in [6.45, 7) is 0.506. The van der Waals surface area contributed by atoms with Gasteiger partial charge in [0.1, 0.15) is 4.90 Å². The molecule has 1 N–H and O–H groups in total. The molecule has 0 saturated heterocycles. The van der Waals surface area contributed by atoms with E-state index < -0.39 is 10.0 Å². The molecule has 0 radical (unpaired) electrons. The van der Waals surface area contributed by atoms with Crippen LogP contribution < -0.4 is 4.72 Å². The van der Waals surface area contributed by atoms with Gasteiger partial charge in [-0.25, -0.2) is 13.1 Å². The third kappa shape index (κ3) is 2.84. The maximum absolute atomic E-state index is 12.3. The van der Waals surface area contributed by atoms with E-state index in [1.54, 1.807) is 6.07 Å². The Hall–Kier alpha value is -0.290. The fraction of sp³-hybridized carbons (Fsp3) is 0.571. The molecule has 0 heterocycles. The lowest BCUT2D eigenvalue weighted by Crippen LogP contribution is -2.31. The lowest BCUT2D eigenvalue weighted by molar-refractivity contribution is 0.333. The Bertz CT molecular complexity index is 618. The van der Waals surface area contributed by atoms with Crippen molar-refractivity contribution in [2.75, 3.05) is 6.54 Å². The van der Waals surface area contributed by atoms with Gasteiger partial charge in [-0.3, -0.25) is 0 Å². The Morgan fingerprint density at radius 2 is 2.00 bits per heavy atom. The van der Waals surface area contributed by atoms with E-state index in [4.69, 9.17) is 23.2 Å². The average molecular weight is 334 g/mol. The van der Waals surface area contributed by atoms with Crippen LogP contribution in [0.2, 0.25) is 10.0 Å². The number of hydrogen-bond acceptors (Lipinski definition) is 2. The van der Waals surface area contributed by atoms with Crippen molar-refractivity contribution in [1.82, 2.24) is 4.72 Å². The highest BCUT2D eigenvalue weighted by molar-refractivity contribution is 7.89. The molecule has 3 rings (SSSR count). The van der Waals surface area contributed by atoms with Gasteiger partial charge in [0.05, 0.1) is 5.02 Å². The van der Waals surface area contributed by atoms with E-state index in [9.17, 15) is 8.42 Å². The molecule has 0 aliphatic heterocycles. The molecule has 110 valence electrons. The van der Waals surface area contributed by atoms with E-state index in [1.165, 1.54) is 31.4 Å². The van der Waals surface area contributed by atoms with Crippen molar-refractivity contribution in [3.05, 3.63) is 28.2 Å². The molecule has 3 atom stereocenters. The van der Waals surface area contributed by atoms with E-state index in [-0.39, 0.29) is 9.92 Å². The smallest absolute Gasteiger partial charge is 0.211 e. The summed E-state index contributed by atoms with van der Waals surface area (Å²) in [7, 11) is -3.58. The topological polar surface area (TPSA) is 46.2 Å². The van der Waals surface area contributed by atoms with Crippen molar-refractivity contribution in [2.24, 2.45) is 17.8 Å². The average Bonchev–Trinajstić information content (AvgIpc) is 3.01. The first kappa shape index (κ1) is 14.6. The van der Waals surface area contributed by atoms with Crippen molar-refractivity contribution in [1.29, 1.82) is 0 Å². The molecular weight excluding hydrogens is 317 g/mol. The van der Waals surface area contributed by atoms with E-state index in [0.29, 0.717) is 23.4 Å². The van der Waals surface area contributed by atoms with Crippen LogP contribution in [0.25, 0.3) is 0 Å². The molecule has 2 aliphatic rings. The summed E-state index contributed by atoms with van der Waals surface area (Å²) in [4.78, 5) is 0.0647. The monoisotopic (exact) mass is 333 g/mol. The van der Waals surface area contributed by atoms with Crippen molar-refractivity contribution in [3.63, 3.8) is 0 Å². The van der Waals surface area contributed by atoms with Crippen molar-refractivity contribution >= 4 is 33.2 Å². The molecular formula is C14H17Cl2NO2S. The van der Waals surface area contributed by atoms with Crippen molar-refractivity contribution < 1.29 is 8.42 Å². The van der Waals surface area contributed by atoms with E-state index in [1.807, 2.05) is 0 Å². The van der Waals surface area contributed by atoms with Gasteiger partial charge >= 0.3 is 0 Å². The van der Waals surface area contributed by atoms with E-state index in [2.05, 4.69) is 4.72 Å². The van der Waals surface area contributed by atoms with Crippen LogP contribution in [0.3, 0.4) is 0 Å². The number of rotatable bonds is 4. The maximum Gasteiger partial charge on any atom is 0.242 e. The summed E-state index contributed by atoms with van der Waals surface area (Å²) in [5, 5.41) is 0.574. The number of sulfonamides is 1. The molecule has 2 bridgehead atoms. The summed E-state index contributed by atoms with van der Waals surface area (Å²) in [5.74, 6) is 1.98. The molecule has 3 nitrogen and oxygen atoms in total. The van der Waals surface area contributed by atoms with Gasteiger partial charge in [0.25, 0.3) is 0 Å². The molecule has 2 saturated carbocycles. The molecule has 0 amide bonds. The van der Waals surface area contributed by atoms with E-state index in [0.717, 1.165) is 12.3 Å². The minimum Gasteiger partial charge on any atom is -0.211 e. The first-order valence-electron chi connectivity index (χ1n) is 6.90. The second kappa shape index (κ2) is 5.48. The lowest BCUT2D eigenvalue weighted by Gasteiger charge is -2.21. The molecule has 1 aromatic rings. The molecule has 1 aromatic carbocycles. The van der Waals surface area contributed by atoms with Crippen LogP contribution in [0.1, 0.15) is 25.7 Å². The first-order valence-corrected chi connectivity index (χ1v) is 9.14. The molecule has 0 unspecified atom stereocenters. The van der Waals surface area contributed by atoms with Gasteiger partial charge in [-0.1, -0.05) is 29.6 Å². The molecule has 2 fully saturated rings. The van der Waals surface area contributed by atoms with Crippen molar-refractivity contribution in [2.45, 2.75) is 30.6 Å². The van der Waals surface area contributed by atoms with Crippen LogP contribution in [0, 0.1) is 17.8 Å². The van der Waals surface area contributed by atoms with E-state index >= 15 is 0 Å². The van der Waals surface area contributed by atoms with Gasteiger partial charge in [0, 0.05) is 11.6 Å².